The fraction of sp³-hybridized carbons (Fsp3) is 0.364. The molecule has 4 rings (SSSR count). The van der Waals surface area contributed by atoms with Crippen molar-refractivity contribution in [1.29, 1.82) is 0 Å². The number of hydrogen-bond acceptors (Lipinski definition) is 5. The Bertz CT molecular complexity index is 840. The van der Waals surface area contributed by atoms with Crippen LogP contribution >= 0.6 is 0 Å². The van der Waals surface area contributed by atoms with Gasteiger partial charge >= 0.3 is 0 Å². The van der Waals surface area contributed by atoms with Gasteiger partial charge in [-0.2, -0.15) is 4.98 Å². The van der Waals surface area contributed by atoms with Gasteiger partial charge in [0.2, 0.25) is 11.7 Å². The highest BCUT2D eigenvalue weighted by Gasteiger charge is 2.18. The molecular weight excluding hydrogens is 338 g/mol. The molecule has 0 amide bonds. The molecule has 0 spiro atoms. The number of benzene rings is 2. The van der Waals surface area contributed by atoms with Crippen LogP contribution in [0.3, 0.4) is 0 Å². The second-order valence-corrected chi connectivity index (χ2v) is 7.03. The molecule has 0 saturated carbocycles. The van der Waals surface area contributed by atoms with Gasteiger partial charge in [0.05, 0.1) is 5.56 Å². The van der Waals surface area contributed by atoms with E-state index in [1.807, 2.05) is 42.5 Å². The second kappa shape index (κ2) is 8.82. The summed E-state index contributed by atoms with van der Waals surface area (Å²) < 4.78 is 11.6. The van der Waals surface area contributed by atoms with Crippen LogP contribution in [0.4, 0.5) is 0 Å². The lowest BCUT2D eigenvalue weighted by molar-refractivity contribution is 0.307. The van der Waals surface area contributed by atoms with Gasteiger partial charge in [-0.15, -0.1) is 0 Å². The van der Waals surface area contributed by atoms with Gasteiger partial charge in [-0.3, -0.25) is 0 Å². The van der Waals surface area contributed by atoms with E-state index in [9.17, 15) is 0 Å². The largest absolute Gasteiger partial charge is 0.488 e. The first-order valence-corrected chi connectivity index (χ1v) is 9.68. The van der Waals surface area contributed by atoms with Crippen LogP contribution in [0.25, 0.3) is 11.4 Å². The monoisotopic (exact) mass is 363 g/mol. The van der Waals surface area contributed by atoms with E-state index in [0.29, 0.717) is 18.3 Å². The Labute approximate surface area is 159 Å². The number of para-hydroxylation sites is 1. The quantitative estimate of drug-likeness (QED) is 0.709. The van der Waals surface area contributed by atoms with Crippen molar-refractivity contribution in [1.82, 2.24) is 15.5 Å². The number of aromatic nitrogens is 2. The van der Waals surface area contributed by atoms with Crippen molar-refractivity contribution < 1.29 is 9.26 Å². The van der Waals surface area contributed by atoms with E-state index in [1.54, 1.807) is 0 Å². The zero-order valence-electron chi connectivity index (χ0n) is 15.4. The van der Waals surface area contributed by atoms with Crippen LogP contribution < -0.4 is 10.1 Å². The predicted octanol–water partition coefficient (Wildman–Crippen LogP) is 4.25. The number of nitrogens with one attached hydrogen (secondary N) is 1. The lowest BCUT2D eigenvalue weighted by Gasteiger charge is -2.10. The molecule has 140 valence electrons. The number of nitrogens with zero attached hydrogens (tertiary/aromatic N) is 2. The van der Waals surface area contributed by atoms with Crippen LogP contribution in [0, 0.1) is 5.92 Å². The third-order valence-corrected chi connectivity index (χ3v) is 4.99. The van der Waals surface area contributed by atoms with Crippen LogP contribution in [0.15, 0.2) is 59.1 Å². The van der Waals surface area contributed by atoms with E-state index < -0.39 is 0 Å². The van der Waals surface area contributed by atoms with Crippen molar-refractivity contribution in [2.24, 2.45) is 5.92 Å². The maximum absolute atomic E-state index is 6.02. The standard InChI is InChI=1S/C22H25N3O2/c1-2-7-18(8-3-1)16-26-20-11-5-4-10-19(20)22-24-21(27-25-22)15-17-9-6-13-23-14-12-17/h1-5,7-8,10-11,17,23H,6,9,12-16H2. The summed E-state index contributed by atoms with van der Waals surface area (Å²) in [7, 11) is 0. The van der Waals surface area contributed by atoms with Gasteiger partial charge in [0.25, 0.3) is 0 Å². The minimum atomic E-state index is 0.512. The van der Waals surface area contributed by atoms with Crippen LogP contribution in [0.1, 0.15) is 30.7 Å². The molecule has 2 aromatic carbocycles. The summed E-state index contributed by atoms with van der Waals surface area (Å²) in [6.45, 7) is 2.69. The van der Waals surface area contributed by atoms with Crippen molar-refractivity contribution >= 4 is 0 Å². The van der Waals surface area contributed by atoms with Gasteiger partial charge in [-0.05, 0) is 56.0 Å². The molecule has 1 unspecified atom stereocenters. The van der Waals surface area contributed by atoms with Crippen LogP contribution in [-0.4, -0.2) is 23.2 Å². The summed E-state index contributed by atoms with van der Waals surface area (Å²) >= 11 is 0. The molecule has 2 heterocycles. The normalized spacial score (nSPS) is 17.4. The molecule has 1 saturated heterocycles. The van der Waals surface area contributed by atoms with Gasteiger partial charge in [-0.25, -0.2) is 0 Å². The third-order valence-electron chi connectivity index (χ3n) is 4.99. The zero-order valence-corrected chi connectivity index (χ0v) is 15.4. The summed E-state index contributed by atoms with van der Waals surface area (Å²) in [5.74, 6) is 2.69. The minimum Gasteiger partial charge on any atom is -0.488 e. The average molecular weight is 363 g/mol. The predicted molar refractivity (Wildman–Crippen MR) is 104 cm³/mol. The Morgan fingerprint density at radius 1 is 1.00 bits per heavy atom. The van der Waals surface area contributed by atoms with E-state index in [-0.39, 0.29) is 0 Å². The highest BCUT2D eigenvalue weighted by Crippen LogP contribution is 2.29. The number of rotatable bonds is 6. The lowest BCUT2D eigenvalue weighted by Crippen LogP contribution is -2.14. The smallest absolute Gasteiger partial charge is 0.227 e. The number of ether oxygens (including phenoxy) is 1. The summed E-state index contributed by atoms with van der Waals surface area (Å²) in [5.41, 5.74) is 1.99. The maximum Gasteiger partial charge on any atom is 0.227 e. The van der Waals surface area contributed by atoms with E-state index in [1.165, 1.54) is 12.8 Å². The van der Waals surface area contributed by atoms with Crippen LogP contribution in [0.5, 0.6) is 5.75 Å². The first-order valence-electron chi connectivity index (χ1n) is 9.68. The molecule has 1 aliphatic rings. The second-order valence-electron chi connectivity index (χ2n) is 7.03. The molecule has 1 aliphatic heterocycles. The molecule has 3 aromatic rings. The Morgan fingerprint density at radius 2 is 1.85 bits per heavy atom. The molecule has 0 aliphatic carbocycles. The fourth-order valence-electron chi connectivity index (χ4n) is 3.50. The Hall–Kier alpha value is -2.66. The minimum absolute atomic E-state index is 0.512. The summed E-state index contributed by atoms with van der Waals surface area (Å²) in [6, 6.07) is 18.0. The van der Waals surface area contributed by atoms with Crippen molar-refractivity contribution in [2.45, 2.75) is 32.3 Å². The molecular formula is C22H25N3O2. The molecule has 5 nitrogen and oxygen atoms in total. The number of hydrogen-bond donors (Lipinski definition) is 1. The first-order chi connectivity index (χ1) is 13.4. The van der Waals surface area contributed by atoms with E-state index in [4.69, 9.17) is 9.26 Å². The molecule has 0 bridgehead atoms. The van der Waals surface area contributed by atoms with Gasteiger partial charge in [0.15, 0.2) is 0 Å². The van der Waals surface area contributed by atoms with Gasteiger partial charge < -0.3 is 14.6 Å². The average Bonchev–Trinajstić information content (AvgIpc) is 3.02. The van der Waals surface area contributed by atoms with Crippen molar-refractivity contribution in [3.63, 3.8) is 0 Å². The Balaban J connectivity index is 1.46. The van der Waals surface area contributed by atoms with Gasteiger partial charge in [0, 0.05) is 6.42 Å². The molecule has 27 heavy (non-hydrogen) atoms. The maximum atomic E-state index is 6.02. The highest BCUT2D eigenvalue weighted by atomic mass is 16.5. The Morgan fingerprint density at radius 3 is 2.78 bits per heavy atom. The highest BCUT2D eigenvalue weighted by molar-refractivity contribution is 5.63. The van der Waals surface area contributed by atoms with E-state index in [2.05, 4.69) is 27.6 Å². The van der Waals surface area contributed by atoms with Gasteiger partial charge in [0.1, 0.15) is 12.4 Å². The third kappa shape index (κ3) is 4.74. The van der Waals surface area contributed by atoms with Gasteiger partial charge in [-0.1, -0.05) is 47.6 Å². The first kappa shape index (κ1) is 17.7. The molecule has 5 heteroatoms. The summed E-state index contributed by atoms with van der Waals surface area (Å²) in [6.07, 6.45) is 4.43. The van der Waals surface area contributed by atoms with Crippen molar-refractivity contribution in [2.75, 3.05) is 13.1 Å². The molecule has 1 aromatic heterocycles. The van der Waals surface area contributed by atoms with Crippen LogP contribution in [0.2, 0.25) is 0 Å². The van der Waals surface area contributed by atoms with Crippen molar-refractivity contribution in [3.05, 3.63) is 66.1 Å². The molecule has 1 atom stereocenters. The lowest BCUT2D eigenvalue weighted by atomic mass is 9.97. The Kier molecular flexibility index (Phi) is 5.80. The topological polar surface area (TPSA) is 60.2 Å². The van der Waals surface area contributed by atoms with Crippen LogP contribution in [-0.2, 0) is 13.0 Å². The molecule has 1 fully saturated rings. The summed E-state index contributed by atoms with van der Waals surface area (Å²) in [5, 5.41) is 7.66. The molecule has 0 radical (unpaired) electrons. The van der Waals surface area contributed by atoms with E-state index in [0.717, 1.165) is 48.7 Å². The zero-order chi connectivity index (χ0) is 18.3. The van der Waals surface area contributed by atoms with E-state index >= 15 is 0 Å². The SMILES string of the molecule is c1ccc(COc2ccccc2-c2noc(CC3CCCNCC3)n2)cc1. The van der Waals surface area contributed by atoms with Crippen molar-refractivity contribution in [3.8, 4) is 17.1 Å². The molecule has 1 N–H and O–H groups in total. The fourth-order valence-corrected chi connectivity index (χ4v) is 3.50. The summed E-state index contributed by atoms with van der Waals surface area (Å²) in [4.78, 5) is 4.64.